The maximum absolute atomic E-state index is 13.4. The molecular weight excluding hydrogens is 474 g/mol. The van der Waals surface area contributed by atoms with Crippen LogP contribution in [0.4, 0.5) is 0 Å². The molecule has 3 rings (SSSR count). The summed E-state index contributed by atoms with van der Waals surface area (Å²) in [7, 11) is 1.66. The first-order chi connectivity index (χ1) is 17.2. The Hall–Kier alpha value is -2.83. The smallest absolute Gasteiger partial charge is 0.254 e. The highest BCUT2D eigenvalue weighted by Crippen LogP contribution is 2.22. The number of halogens is 1. The second-order valence-corrected chi connectivity index (χ2v) is 10.2. The first-order valence-corrected chi connectivity index (χ1v) is 13.0. The molecule has 1 aliphatic heterocycles. The molecule has 0 saturated carbocycles. The van der Waals surface area contributed by atoms with Gasteiger partial charge in [0.25, 0.3) is 5.91 Å². The molecule has 1 fully saturated rings. The van der Waals surface area contributed by atoms with Crippen LogP contribution in [0.1, 0.15) is 35.3 Å². The van der Waals surface area contributed by atoms with Gasteiger partial charge in [-0.05, 0) is 39.0 Å². The van der Waals surface area contributed by atoms with E-state index in [9.17, 15) is 9.59 Å². The molecule has 0 aromatic heterocycles. The molecule has 0 spiro atoms. The van der Waals surface area contributed by atoms with Gasteiger partial charge in [0.15, 0.2) is 0 Å². The number of carbonyl (C=O) groups is 2. The number of para-hydroxylation sites is 1. The predicted octanol–water partition coefficient (Wildman–Crippen LogP) is 4.57. The number of carbonyl (C=O) groups excluding carboxylic acids is 2. The summed E-state index contributed by atoms with van der Waals surface area (Å²) in [6, 6.07) is 15.5. The number of nitrogens with zero attached hydrogens (tertiary/aromatic N) is 3. The van der Waals surface area contributed by atoms with Gasteiger partial charge in [-0.3, -0.25) is 14.5 Å². The van der Waals surface area contributed by atoms with Crippen LogP contribution in [0.3, 0.4) is 0 Å². The Labute approximate surface area is 220 Å². The fourth-order valence-corrected chi connectivity index (χ4v) is 4.30. The fourth-order valence-electron chi connectivity index (χ4n) is 4.19. The summed E-state index contributed by atoms with van der Waals surface area (Å²) in [4.78, 5) is 32.2. The van der Waals surface area contributed by atoms with Gasteiger partial charge in [0.2, 0.25) is 5.91 Å². The predicted molar refractivity (Wildman–Crippen MR) is 147 cm³/mol. The minimum Gasteiger partial charge on any atom is -0.496 e. The molecule has 0 unspecified atom stereocenters. The first kappa shape index (κ1) is 27.8. The second-order valence-electron chi connectivity index (χ2n) is 9.91. The van der Waals surface area contributed by atoms with Crippen LogP contribution in [0, 0.1) is 12.3 Å². The highest BCUT2D eigenvalue weighted by Gasteiger charge is 2.33. The zero-order chi connectivity index (χ0) is 26.1. The monoisotopic (exact) mass is 511 g/mol. The zero-order valence-corrected chi connectivity index (χ0v) is 22.6. The van der Waals surface area contributed by atoms with Gasteiger partial charge in [0, 0.05) is 62.8 Å². The lowest BCUT2D eigenvalue weighted by molar-refractivity contribution is -0.141. The summed E-state index contributed by atoms with van der Waals surface area (Å²) in [5.41, 5.74) is 2.24. The van der Waals surface area contributed by atoms with E-state index in [0.717, 1.165) is 36.5 Å². The molecule has 1 aliphatic rings. The van der Waals surface area contributed by atoms with Gasteiger partial charge >= 0.3 is 0 Å². The van der Waals surface area contributed by atoms with Gasteiger partial charge in [-0.2, -0.15) is 0 Å². The maximum atomic E-state index is 13.4. The minimum atomic E-state index is -0.547. The number of benzene rings is 2. The summed E-state index contributed by atoms with van der Waals surface area (Å²) in [5, 5.41) is 0. The van der Waals surface area contributed by atoms with Crippen LogP contribution < -0.4 is 4.74 Å². The van der Waals surface area contributed by atoms with Crippen molar-refractivity contribution in [3.05, 3.63) is 71.3 Å². The van der Waals surface area contributed by atoms with Crippen LogP contribution in [0.2, 0.25) is 0 Å². The standard InChI is InChI=1S/C29H38ClN3O3/c1-23-11-13-25(14-12-23)27(34)32(15-7-9-24-8-5-6-10-26(24)36-4)19-16-31-17-20-33(21-18-31)28(35)29(2,3)22-30/h5-14H,15-22H2,1-4H3/b9-7+. The molecule has 7 heteroatoms. The lowest BCUT2D eigenvalue weighted by Gasteiger charge is -2.38. The van der Waals surface area contributed by atoms with Gasteiger partial charge < -0.3 is 14.5 Å². The highest BCUT2D eigenvalue weighted by atomic mass is 35.5. The summed E-state index contributed by atoms with van der Waals surface area (Å²) in [6.07, 6.45) is 4.01. The van der Waals surface area contributed by atoms with E-state index in [-0.39, 0.29) is 11.8 Å². The number of hydrogen-bond donors (Lipinski definition) is 0. The van der Waals surface area contributed by atoms with E-state index < -0.39 is 5.41 Å². The molecule has 2 amide bonds. The molecule has 1 heterocycles. The molecule has 36 heavy (non-hydrogen) atoms. The normalized spacial score (nSPS) is 14.8. The van der Waals surface area contributed by atoms with Crippen molar-refractivity contribution >= 4 is 29.5 Å². The molecule has 0 atom stereocenters. The Morgan fingerprint density at radius 1 is 1.06 bits per heavy atom. The quantitative estimate of drug-likeness (QED) is 0.438. The largest absolute Gasteiger partial charge is 0.496 e. The third-order valence-electron chi connectivity index (χ3n) is 6.61. The van der Waals surface area contributed by atoms with E-state index in [1.54, 1.807) is 7.11 Å². The number of aryl methyl sites for hydroxylation is 1. The number of hydrogen-bond acceptors (Lipinski definition) is 4. The van der Waals surface area contributed by atoms with Crippen molar-refractivity contribution in [2.45, 2.75) is 20.8 Å². The molecule has 6 nitrogen and oxygen atoms in total. The number of amides is 2. The van der Waals surface area contributed by atoms with Gasteiger partial charge in [-0.25, -0.2) is 0 Å². The highest BCUT2D eigenvalue weighted by molar-refractivity contribution is 6.19. The molecule has 1 saturated heterocycles. The molecule has 0 N–H and O–H groups in total. The average Bonchev–Trinajstić information content (AvgIpc) is 2.90. The molecule has 2 aromatic rings. The van der Waals surface area contributed by atoms with E-state index in [4.69, 9.17) is 16.3 Å². The van der Waals surface area contributed by atoms with Crippen LogP contribution >= 0.6 is 11.6 Å². The number of methoxy groups -OCH3 is 1. The minimum absolute atomic E-state index is 0.0114. The fraction of sp³-hybridized carbons (Fsp3) is 0.448. The van der Waals surface area contributed by atoms with Crippen molar-refractivity contribution in [1.29, 1.82) is 0 Å². The second kappa shape index (κ2) is 12.9. The van der Waals surface area contributed by atoms with Crippen molar-refractivity contribution in [3.63, 3.8) is 0 Å². The van der Waals surface area contributed by atoms with Gasteiger partial charge in [-0.15, -0.1) is 11.6 Å². The molecule has 0 aliphatic carbocycles. The van der Waals surface area contributed by atoms with E-state index in [1.807, 2.05) is 91.3 Å². The van der Waals surface area contributed by atoms with Crippen LogP contribution in [-0.4, -0.2) is 85.3 Å². The maximum Gasteiger partial charge on any atom is 0.254 e. The van der Waals surface area contributed by atoms with E-state index in [0.29, 0.717) is 37.6 Å². The number of alkyl halides is 1. The number of rotatable bonds is 10. The van der Waals surface area contributed by atoms with Crippen molar-refractivity contribution in [2.75, 3.05) is 58.8 Å². The van der Waals surface area contributed by atoms with Crippen molar-refractivity contribution in [3.8, 4) is 5.75 Å². The summed E-state index contributed by atoms with van der Waals surface area (Å²) >= 11 is 6.00. The zero-order valence-electron chi connectivity index (χ0n) is 21.9. The van der Waals surface area contributed by atoms with Crippen LogP contribution in [0.5, 0.6) is 5.75 Å². The summed E-state index contributed by atoms with van der Waals surface area (Å²) < 4.78 is 5.44. The number of piperazine rings is 1. The van der Waals surface area contributed by atoms with E-state index in [1.165, 1.54) is 0 Å². The van der Waals surface area contributed by atoms with Gasteiger partial charge in [0.05, 0.1) is 12.5 Å². The average molecular weight is 512 g/mol. The van der Waals surface area contributed by atoms with Crippen LogP contribution in [-0.2, 0) is 4.79 Å². The Bertz CT molecular complexity index is 1040. The van der Waals surface area contributed by atoms with E-state index in [2.05, 4.69) is 4.90 Å². The van der Waals surface area contributed by atoms with E-state index >= 15 is 0 Å². The van der Waals surface area contributed by atoms with Crippen LogP contribution in [0.15, 0.2) is 54.6 Å². The topological polar surface area (TPSA) is 53.1 Å². The van der Waals surface area contributed by atoms with Gasteiger partial charge in [-0.1, -0.05) is 48.0 Å². The Balaban J connectivity index is 1.64. The SMILES string of the molecule is COc1ccccc1/C=C/CN(CCN1CCN(C(=O)C(C)(C)CCl)CC1)C(=O)c1ccc(C)cc1. The molecule has 0 bridgehead atoms. The third kappa shape index (κ3) is 7.34. The van der Waals surface area contributed by atoms with Crippen LogP contribution in [0.25, 0.3) is 6.08 Å². The lowest BCUT2D eigenvalue weighted by atomic mass is 9.94. The molecule has 0 radical (unpaired) electrons. The van der Waals surface area contributed by atoms with Gasteiger partial charge in [0.1, 0.15) is 5.75 Å². The third-order valence-corrected chi connectivity index (χ3v) is 7.27. The van der Waals surface area contributed by atoms with Crippen molar-refractivity contribution in [1.82, 2.24) is 14.7 Å². The summed E-state index contributed by atoms with van der Waals surface area (Å²) in [6.45, 7) is 10.6. The lowest BCUT2D eigenvalue weighted by Crippen LogP contribution is -2.53. The van der Waals surface area contributed by atoms with Crippen molar-refractivity contribution in [2.24, 2.45) is 5.41 Å². The first-order valence-electron chi connectivity index (χ1n) is 12.5. The molecule has 2 aromatic carbocycles. The Morgan fingerprint density at radius 2 is 1.72 bits per heavy atom. The molecule has 194 valence electrons. The summed E-state index contributed by atoms with van der Waals surface area (Å²) in [5.74, 6) is 1.23. The Morgan fingerprint density at radius 3 is 2.36 bits per heavy atom. The molecular formula is C29H38ClN3O3. The number of ether oxygens (including phenoxy) is 1. The van der Waals surface area contributed by atoms with Crippen molar-refractivity contribution < 1.29 is 14.3 Å². The Kier molecular flexibility index (Phi) is 9.97.